The maximum atomic E-state index is 14.1. The Balaban J connectivity index is 2.04. The van der Waals surface area contributed by atoms with Gasteiger partial charge in [0.2, 0.25) is 11.8 Å². The van der Waals surface area contributed by atoms with Gasteiger partial charge in [-0.3, -0.25) is 19.4 Å². The van der Waals surface area contributed by atoms with Crippen molar-refractivity contribution in [3.05, 3.63) is 70.5 Å². The Kier molecular flexibility index (Phi) is 9.89. The summed E-state index contributed by atoms with van der Waals surface area (Å²) in [5.41, 5.74) is 6.36. The van der Waals surface area contributed by atoms with Gasteiger partial charge in [-0.2, -0.15) is 26.3 Å². The predicted molar refractivity (Wildman–Crippen MR) is 132 cm³/mol. The largest absolute Gasteiger partial charge is 0.392 e. The lowest BCUT2D eigenvalue weighted by atomic mass is 9.83. The Morgan fingerprint density at radius 2 is 1.61 bits per heavy atom. The summed E-state index contributed by atoms with van der Waals surface area (Å²) >= 11 is 0. The van der Waals surface area contributed by atoms with Crippen molar-refractivity contribution in [2.24, 2.45) is 22.6 Å². The molecule has 0 saturated carbocycles. The number of aliphatic hydroxyl groups is 1. The molecule has 1 aliphatic rings. The number of carbonyl (C=O) groups excluding carboxylic acids is 3. The van der Waals surface area contributed by atoms with E-state index in [9.17, 15) is 50.2 Å². The zero-order valence-electron chi connectivity index (χ0n) is 21.4. The Bertz CT molecular complexity index is 1320. The summed E-state index contributed by atoms with van der Waals surface area (Å²) in [6.45, 7) is -0.483. The Labute approximate surface area is 229 Å². The number of hydrogen-bond donors (Lipinski definition) is 3. The van der Waals surface area contributed by atoms with Crippen molar-refractivity contribution in [1.82, 2.24) is 5.32 Å². The number of primary amides is 1. The molecule has 222 valence electrons. The van der Waals surface area contributed by atoms with E-state index in [-0.39, 0.29) is 11.3 Å². The van der Waals surface area contributed by atoms with Crippen molar-refractivity contribution in [3.8, 4) is 0 Å². The number of hydrogen-bond acceptors (Lipinski definition) is 5. The first-order chi connectivity index (χ1) is 19.1. The fraction of sp³-hybridized carbons (Fsp3) is 0.407. The molecule has 14 heteroatoms. The number of rotatable bonds is 10. The van der Waals surface area contributed by atoms with Crippen molar-refractivity contribution >= 4 is 23.3 Å². The van der Waals surface area contributed by atoms with E-state index in [1.54, 1.807) is 12.1 Å². The van der Waals surface area contributed by atoms with Crippen LogP contribution in [0.1, 0.15) is 47.9 Å². The number of alkyl halides is 6. The number of ketones is 1. The van der Waals surface area contributed by atoms with Gasteiger partial charge < -0.3 is 16.2 Å². The zero-order chi connectivity index (χ0) is 30.5. The maximum absolute atomic E-state index is 14.1. The van der Waals surface area contributed by atoms with Crippen LogP contribution in [-0.2, 0) is 27.4 Å². The topological polar surface area (TPSA) is 122 Å². The molecule has 41 heavy (non-hydrogen) atoms. The zero-order valence-corrected chi connectivity index (χ0v) is 21.4. The molecular weight excluding hydrogens is 563 g/mol. The summed E-state index contributed by atoms with van der Waals surface area (Å²) < 4.78 is 91.8. The molecule has 2 amide bonds. The van der Waals surface area contributed by atoms with Crippen LogP contribution in [0.25, 0.3) is 0 Å². The first kappa shape index (κ1) is 31.7. The third kappa shape index (κ3) is 8.59. The SMILES string of the molecule is NC(=O)[C@@H](CCC(F)(F)F)[C@@H](CCC(F)(F)F)C(=O)N[C@H]1N=C(c2cccc(F)c2)c2cccc(CO)c2CC1=O. The second kappa shape index (κ2) is 12.8. The van der Waals surface area contributed by atoms with Crippen molar-refractivity contribution in [2.45, 2.75) is 57.2 Å². The normalized spacial score (nSPS) is 17.2. The minimum absolute atomic E-state index is 0.0151. The van der Waals surface area contributed by atoms with Gasteiger partial charge in [-0.15, -0.1) is 0 Å². The molecule has 0 aromatic heterocycles. The number of nitrogens with one attached hydrogen (secondary N) is 1. The molecule has 0 aliphatic carbocycles. The van der Waals surface area contributed by atoms with E-state index in [1.807, 2.05) is 0 Å². The van der Waals surface area contributed by atoms with Crippen molar-refractivity contribution in [1.29, 1.82) is 0 Å². The molecule has 0 saturated heterocycles. The molecule has 2 aromatic carbocycles. The van der Waals surface area contributed by atoms with Crippen LogP contribution in [0.4, 0.5) is 30.7 Å². The molecule has 1 heterocycles. The van der Waals surface area contributed by atoms with E-state index < -0.39 is 92.5 Å². The number of carbonyl (C=O) groups is 3. The highest BCUT2D eigenvalue weighted by Gasteiger charge is 2.40. The monoisotopic (exact) mass is 589 g/mol. The van der Waals surface area contributed by atoms with Gasteiger partial charge in [-0.05, 0) is 36.1 Å². The van der Waals surface area contributed by atoms with Crippen LogP contribution in [0.5, 0.6) is 0 Å². The first-order valence-electron chi connectivity index (χ1n) is 12.4. The molecule has 4 N–H and O–H groups in total. The van der Waals surface area contributed by atoms with Gasteiger partial charge >= 0.3 is 12.4 Å². The maximum Gasteiger partial charge on any atom is 0.389 e. The molecule has 2 aromatic rings. The van der Waals surface area contributed by atoms with E-state index >= 15 is 0 Å². The Morgan fingerprint density at radius 3 is 2.17 bits per heavy atom. The van der Waals surface area contributed by atoms with Crippen LogP contribution in [0.15, 0.2) is 47.5 Å². The highest BCUT2D eigenvalue weighted by Crippen LogP contribution is 2.33. The molecule has 0 fully saturated rings. The number of fused-ring (bicyclic) bond motifs is 1. The molecule has 3 rings (SSSR count). The van der Waals surface area contributed by atoms with Crippen LogP contribution in [0.3, 0.4) is 0 Å². The number of Topliss-reactive ketones (excluding diaryl/α,β-unsaturated/α-hetero) is 1. The average molecular weight is 590 g/mol. The number of amides is 2. The second-order valence-corrected chi connectivity index (χ2v) is 9.57. The van der Waals surface area contributed by atoms with Gasteiger partial charge in [0.1, 0.15) is 5.82 Å². The third-order valence-corrected chi connectivity index (χ3v) is 6.66. The van der Waals surface area contributed by atoms with E-state index in [2.05, 4.69) is 10.3 Å². The van der Waals surface area contributed by atoms with Crippen LogP contribution in [-0.4, -0.2) is 46.9 Å². The van der Waals surface area contributed by atoms with Gasteiger partial charge in [0.25, 0.3) is 0 Å². The summed E-state index contributed by atoms with van der Waals surface area (Å²) in [5.74, 6) is -8.06. The first-order valence-corrected chi connectivity index (χ1v) is 12.4. The number of aliphatic imine (C=N–C) groups is 1. The molecule has 0 bridgehead atoms. The quantitative estimate of drug-likeness (QED) is 0.361. The second-order valence-electron chi connectivity index (χ2n) is 9.57. The van der Waals surface area contributed by atoms with Gasteiger partial charge in [0.05, 0.1) is 12.3 Å². The average Bonchev–Trinajstić information content (AvgIpc) is 3.00. The summed E-state index contributed by atoms with van der Waals surface area (Å²) in [6, 6.07) is 9.67. The number of halogens is 7. The molecule has 1 aliphatic heterocycles. The number of aliphatic hydroxyl groups excluding tert-OH is 1. The number of nitrogens with zero attached hydrogens (tertiary/aromatic N) is 1. The summed E-state index contributed by atoms with van der Waals surface area (Å²) in [7, 11) is 0. The summed E-state index contributed by atoms with van der Waals surface area (Å²) in [6.07, 6.45) is -17.1. The van der Waals surface area contributed by atoms with Crippen LogP contribution >= 0.6 is 0 Å². The van der Waals surface area contributed by atoms with Crippen molar-refractivity contribution in [3.63, 3.8) is 0 Å². The molecule has 0 radical (unpaired) electrons. The Hall–Kier alpha value is -3.81. The molecular formula is C27H26F7N3O4. The lowest BCUT2D eigenvalue weighted by Gasteiger charge is -2.26. The van der Waals surface area contributed by atoms with Crippen LogP contribution in [0.2, 0.25) is 0 Å². The van der Waals surface area contributed by atoms with Gasteiger partial charge in [0, 0.05) is 42.2 Å². The van der Waals surface area contributed by atoms with E-state index in [0.717, 1.165) is 12.1 Å². The summed E-state index contributed by atoms with van der Waals surface area (Å²) in [4.78, 5) is 42.8. The van der Waals surface area contributed by atoms with Crippen LogP contribution in [0, 0.1) is 17.7 Å². The standard InChI is InChI=1S/C27H26F7N3O4/c28-16-5-1-3-14(11-16)22-17-6-2-4-15(13-38)20(17)12-21(39)24(36-22)37-25(41)19(8-10-27(32,33)34)18(23(35)40)7-9-26(29,30)31/h1-6,11,18-19,24,38H,7-10,12-13H2,(H2,35,40)(H,37,41)/t18-,19+,24+/m0/s1. The fourth-order valence-corrected chi connectivity index (χ4v) is 4.67. The minimum Gasteiger partial charge on any atom is -0.392 e. The highest BCUT2D eigenvalue weighted by atomic mass is 19.4. The lowest BCUT2D eigenvalue weighted by molar-refractivity contribution is -0.152. The minimum atomic E-state index is -4.81. The van der Waals surface area contributed by atoms with E-state index in [4.69, 9.17) is 5.73 Å². The summed E-state index contributed by atoms with van der Waals surface area (Å²) in [5, 5.41) is 12.0. The van der Waals surface area contributed by atoms with Gasteiger partial charge in [-0.1, -0.05) is 30.3 Å². The fourth-order valence-electron chi connectivity index (χ4n) is 4.67. The van der Waals surface area contributed by atoms with Crippen molar-refractivity contribution in [2.75, 3.05) is 0 Å². The highest BCUT2D eigenvalue weighted by molar-refractivity contribution is 6.16. The molecule has 0 unspecified atom stereocenters. The van der Waals surface area contributed by atoms with Crippen LogP contribution < -0.4 is 11.1 Å². The van der Waals surface area contributed by atoms with E-state index in [0.29, 0.717) is 16.7 Å². The van der Waals surface area contributed by atoms with Gasteiger partial charge in [-0.25, -0.2) is 4.39 Å². The molecule has 7 nitrogen and oxygen atoms in total. The smallest absolute Gasteiger partial charge is 0.389 e. The predicted octanol–water partition coefficient (Wildman–Crippen LogP) is 4.13. The molecule has 0 spiro atoms. The number of nitrogens with two attached hydrogens (primary N) is 1. The van der Waals surface area contributed by atoms with Crippen molar-refractivity contribution < 1.29 is 50.2 Å². The number of benzene rings is 2. The third-order valence-electron chi connectivity index (χ3n) is 6.66. The van der Waals surface area contributed by atoms with Gasteiger partial charge in [0.15, 0.2) is 11.9 Å². The lowest BCUT2D eigenvalue weighted by Crippen LogP contribution is -2.47. The molecule has 3 atom stereocenters. The Morgan fingerprint density at radius 1 is 1.00 bits per heavy atom. The van der Waals surface area contributed by atoms with E-state index in [1.165, 1.54) is 18.2 Å².